The molecule has 0 fully saturated rings. The quantitative estimate of drug-likeness (QED) is 0.448. The molecule has 0 bridgehead atoms. The van der Waals surface area contributed by atoms with E-state index >= 15 is 0 Å². The minimum absolute atomic E-state index is 0.0964. The summed E-state index contributed by atoms with van der Waals surface area (Å²) >= 11 is 6.42. The number of hydrogen-bond donors (Lipinski definition) is 2. The number of carbonyl (C=O) groups excluding carboxylic acids is 1. The summed E-state index contributed by atoms with van der Waals surface area (Å²) in [5, 5.41) is 4.45. The fourth-order valence-electron chi connectivity index (χ4n) is 3.12. The van der Waals surface area contributed by atoms with Gasteiger partial charge in [-0.25, -0.2) is 9.97 Å². The van der Waals surface area contributed by atoms with E-state index in [0.29, 0.717) is 11.0 Å². The van der Waals surface area contributed by atoms with Crippen LogP contribution in [0.5, 0.6) is 0 Å². The van der Waals surface area contributed by atoms with Crippen LogP contribution in [0.3, 0.4) is 0 Å². The first kappa shape index (κ1) is 17.8. The van der Waals surface area contributed by atoms with Gasteiger partial charge >= 0.3 is 0 Å². The third-order valence-electron chi connectivity index (χ3n) is 4.26. The number of carbonyl (C=O) groups is 1. The first-order valence-electron chi connectivity index (χ1n) is 8.36. The van der Waals surface area contributed by atoms with E-state index in [9.17, 15) is 4.79 Å². The second kappa shape index (κ2) is 7.54. The lowest BCUT2D eigenvalue weighted by Gasteiger charge is -2.10. The first-order valence-corrected chi connectivity index (χ1v) is 11.0. The van der Waals surface area contributed by atoms with Gasteiger partial charge in [0.15, 0.2) is 5.16 Å². The van der Waals surface area contributed by atoms with Crippen LogP contribution in [0.15, 0.2) is 33.9 Å². The average Bonchev–Trinajstić information content (AvgIpc) is 2.99. The van der Waals surface area contributed by atoms with Gasteiger partial charge in [0.1, 0.15) is 10.6 Å². The number of thioether (sulfide) groups is 1. The summed E-state index contributed by atoms with van der Waals surface area (Å²) < 4.78 is 0.922. The van der Waals surface area contributed by atoms with E-state index in [-0.39, 0.29) is 11.7 Å². The molecule has 0 atom stereocenters. The van der Waals surface area contributed by atoms with Crippen molar-refractivity contribution in [1.82, 2.24) is 9.97 Å². The predicted molar refractivity (Wildman–Crippen MR) is 112 cm³/mol. The molecule has 0 saturated carbocycles. The third kappa shape index (κ3) is 3.72. The lowest BCUT2D eigenvalue weighted by atomic mass is 9.97. The molecular formula is C18H17BrN4OS2. The minimum atomic E-state index is -0.0964. The van der Waals surface area contributed by atoms with Gasteiger partial charge in [-0.15, -0.1) is 11.3 Å². The second-order valence-electron chi connectivity index (χ2n) is 6.13. The standard InChI is InChI=1S/C18H17BrN4OS2/c19-10-4-3-5-11(8-10)21-14(24)9-25-18-22-16(20)15-12-6-1-2-7-13(12)26-17(15)23-18/h3-5,8H,1-2,6-7,9H2,(H,21,24)(H2,20,22,23). The van der Waals surface area contributed by atoms with Crippen molar-refractivity contribution >= 4 is 66.7 Å². The molecule has 0 saturated heterocycles. The molecule has 1 aliphatic carbocycles. The molecule has 1 aromatic carbocycles. The highest BCUT2D eigenvalue weighted by atomic mass is 79.9. The molecule has 1 amide bonds. The molecule has 134 valence electrons. The van der Waals surface area contributed by atoms with Crippen LogP contribution in [0.1, 0.15) is 23.3 Å². The molecule has 2 aromatic heterocycles. The lowest BCUT2D eigenvalue weighted by Crippen LogP contribution is -2.14. The topological polar surface area (TPSA) is 80.9 Å². The van der Waals surface area contributed by atoms with Crippen molar-refractivity contribution < 1.29 is 4.79 Å². The van der Waals surface area contributed by atoms with Gasteiger partial charge in [0.2, 0.25) is 5.91 Å². The van der Waals surface area contributed by atoms with Crippen LogP contribution in [0.25, 0.3) is 10.2 Å². The Kier molecular flexibility index (Phi) is 5.15. The molecule has 3 aromatic rings. The smallest absolute Gasteiger partial charge is 0.234 e. The Balaban J connectivity index is 1.48. The Hall–Kier alpha value is -1.64. The maximum absolute atomic E-state index is 12.2. The van der Waals surface area contributed by atoms with E-state index in [1.165, 1.54) is 35.0 Å². The highest BCUT2D eigenvalue weighted by Gasteiger charge is 2.20. The van der Waals surface area contributed by atoms with E-state index in [1.54, 1.807) is 11.3 Å². The molecule has 3 N–H and O–H groups in total. The summed E-state index contributed by atoms with van der Waals surface area (Å²) in [6.45, 7) is 0. The predicted octanol–water partition coefficient (Wildman–Crippen LogP) is 4.65. The maximum atomic E-state index is 12.2. The average molecular weight is 449 g/mol. The van der Waals surface area contributed by atoms with Crippen LogP contribution < -0.4 is 11.1 Å². The number of nitrogen functional groups attached to an aromatic ring is 1. The number of nitrogens with zero attached hydrogens (tertiary/aromatic N) is 2. The zero-order valence-electron chi connectivity index (χ0n) is 13.9. The number of thiophene rings is 1. The Labute approximate surface area is 167 Å². The van der Waals surface area contributed by atoms with Gasteiger partial charge in [-0.1, -0.05) is 33.8 Å². The van der Waals surface area contributed by atoms with Crippen molar-refractivity contribution in [3.63, 3.8) is 0 Å². The highest BCUT2D eigenvalue weighted by Crippen LogP contribution is 2.38. The van der Waals surface area contributed by atoms with Crippen LogP contribution in [-0.2, 0) is 17.6 Å². The summed E-state index contributed by atoms with van der Waals surface area (Å²) in [6.07, 6.45) is 4.59. The number of rotatable bonds is 4. The Morgan fingerprint density at radius 1 is 1.31 bits per heavy atom. The Morgan fingerprint density at radius 3 is 3.00 bits per heavy atom. The summed E-state index contributed by atoms with van der Waals surface area (Å²) in [5.74, 6) is 0.674. The van der Waals surface area contributed by atoms with Gasteiger partial charge in [-0.05, 0) is 49.4 Å². The zero-order valence-corrected chi connectivity index (χ0v) is 17.1. The first-order chi connectivity index (χ1) is 12.6. The van der Waals surface area contributed by atoms with E-state index < -0.39 is 0 Å². The minimum Gasteiger partial charge on any atom is -0.383 e. The third-order valence-corrected chi connectivity index (χ3v) is 6.79. The number of aryl methyl sites for hydroxylation is 2. The van der Waals surface area contributed by atoms with Crippen molar-refractivity contribution in [2.24, 2.45) is 0 Å². The Morgan fingerprint density at radius 2 is 2.15 bits per heavy atom. The highest BCUT2D eigenvalue weighted by molar-refractivity contribution is 9.10. The molecule has 4 rings (SSSR count). The van der Waals surface area contributed by atoms with Gasteiger partial charge in [-0.2, -0.15) is 0 Å². The number of anilines is 2. The fraction of sp³-hybridized carbons (Fsp3) is 0.278. The number of amides is 1. The molecule has 26 heavy (non-hydrogen) atoms. The van der Waals surface area contributed by atoms with Crippen LogP contribution in [-0.4, -0.2) is 21.6 Å². The van der Waals surface area contributed by atoms with Crippen molar-refractivity contribution in [2.75, 3.05) is 16.8 Å². The van der Waals surface area contributed by atoms with E-state index in [0.717, 1.165) is 33.2 Å². The van der Waals surface area contributed by atoms with Gasteiger partial charge in [0.25, 0.3) is 0 Å². The Bertz CT molecular complexity index is 989. The summed E-state index contributed by atoms with van der Waals surface area (Å²) in [5.41, 5.74) is 8.30. The van der Waals surface area contributed by atoms with Gasteiger partial charge in [0, 0.05) is 15.0 Å². The molecule has 0 spiro atoms. The number of nitrogens with two attached hydrogens (primary N) is 1. The van der Waals surface area contributed by atoms with Crippen LogP contribution >= 0.6 is 39.0 Å². The van der Waals surface area contributed by atoms with E-state index in [4.69, 9.17) is 5.73 Å². The second-order valence-corrected chi connectivity index (χ2v) is 9.07. The maximum Gasteiger partial charge on any atom is 0.234 e. The molecule has 1 aliphatic rings. The van der Waals surface area contributed by atoms with E-state index in [2.05, 4.69) is 31.2 Å². The van der Waals surface area contributed by atoms with Crippen molar-refractivity contribution in [1.29, 1.82) is 0 Å². The monoisotopic (exact) mass is 448 g/mol. The molecule has 0 radical (unpaired) electrons. The largest absolute Gasteiger partial charge is 0.383 e. The van der Waals surface area contributed by atoms with Gasteiger partial charge in [-0.3, -0.25) is 4.79 Å². The lowest BCUT2D eigenvalue weighted by molar-refractivity contribution is -0.113. The number of halogens is 1. The zero-order chi connectivity index (χ0) is 18.1. The summed E-state index contributed by atoms with van der Waals surface area (Å²) in [4.78, 5) is 23.6. The molecule has 0 unspecified atom stereocenters. The molecule has 8 heteroatoms. The van der Waals surface area contributed by atoms with Gasteiger partial charge < -0.3 is 11.1 Å². The van der Waals surface area contributed by atoms with Crippen molar-refractivity contribution in [3.8, 4) is 0 Å². The number of fused-ring (bicyclic) bond motifs is 3. The van der Waals surface area contributed by atoms with E-state index in [1.807, 2.05) is 24.3 Å². The number of benzene rings is 1. The number of aromatic nitrogens is 2. The molecule has 5 nitrogen and oxygen atoms in total. The van der Waals surface area contributed by atoms with Crippen molar-refractivity contribution in [2.45, 2.75) is 30.8 Å². The van der Waals surface area contributed by atoms with Gasteiger partial charge in [0.05, 0.1) is 11.1 Å². The van der Waals surface area contributed by atoms with Crippen LogP contribution in [0.4, 0.5) is 11.5 Å². The SMILES string of the molecule is Nc1nc(SCC(=O)Nc2cccc(Br)c2)nc2sc3c(c12)CCCC3. The summed E-state index contributed by atoms with van der Waals surface area (Å²) in [7, 11) is 0. The van der Waals surface area contributed by atoms with Crippen LogP contribution in [0, 0.1) is 0 Å². The summed E-state index contributed by atoms with van der Waals surface area (Å²) in [6, 6.07) is 7.50. The fourth-order valence-corrected chi connectivity index (χ4v) is 5.50. The molecule has 2 heterocycles. The molecule has 0 aliphatic heterocycles. The van der Waals surface area contributed by atoms with Crippen LogP contribution in [0.2, 0.25) is 0 Å². The number of hydrogen-bond acceptors (Lipinski definition) is 6. The normalized spacial score (nSPS) is 13.6. The van der Waals surface area contributed by atoms with Crippen molar-refractivity contribution in [3.05, 3.63) is 39.2 Å². The molecular weight excluding hydrogens is 432 g/mol. The number of nitrogens with one attached hydrogen (secondary N) is 1.